The molecule has 1 N–H and O–H groups in total. The molecule has 0 aromatic heterocycles. The quantitative estimate of drug-likeness (QED) is 0.815. The lowest BCUT2D eigenvalue weighted by Crippen LogP contribution is -2.50. The maximum absolute atomic E-state index is 12.7. The summed E-state index contributed by atoms with van der Waals surface area (Å²) in [6, 6.07) is 0.184. The molecule has 0 amide bonds. The average molecular weight is 276 g/mol. The summed E-state index contributed by atoms with van der Waals surface area (Å²) in [6.07, 6.45) is 3.14. The van der Waals surface area contributed by atoms with Crippen LogP contribution in [0, 0.1) is 0 Å². The molecule has 0 aromatic rings. The van der Waals surface area contributed by atoms with Gasteiger partial charge in [-0.1, -0.05) is 6.92 Å². The van der Waals surface area contributed by atoms with E-state index < -0.39 is 10.0 Å². The molecule has 6 heteroatoms. The molecule has 2 rings (SSSR count). The second kappa shape index (κ2) is 6.32. The molecule has 0 bridgehead atoms. The van der Waals surface area contributed by atoms with Crippen LogP contribution >= 0.6 is 0 Å². The van der Waals surface area contributed by atoms with Crippen LogP contribution in [0.2, 0.25) is 0 Å². The number of nitrogens with zero attached hydrogens (tertiary/aromatic N) is 1. The van der Waals surface area contributed by atoms with E-state index in [2.05, 4.69) is 5.32 Å². The summed E-state index contributed by atoms with van der Waals surface area (Å²) in [5, 5.41) is 3.05. The van der Waals surface area contributed by atoms with Crippen LogP contribution in [0.3, 0.4) is 0 Å². The van der Waals surface area contributed by atoms with Gasteiger partial charge in [-0.05, 0) is 38.8 Å². The molecule has 0 aliphatic carbocycles. The fraction of sp³-hybridized carbons (Fsp3) is 1.00. The minimum atomic E-state index is -3.15. The summed E-state index contributed by atoms with van der Waals surface area (Å²) >= 11 is 0. The number of rotatable bonds is 4. The third kappa shape index (κ3) is 3.04. The number of hydrogen-bond donors (Lipinski definition) is 1. The molecule has 0 aromatic carbocycles. The smallest absolute Gasteiger partial charge is 0.217 e. The second-order valence-corrected chi connectivity index (χ2v) is 7.21. The molecular weight excluding hydrogens is 252 g/mol. The molecule has 0 saturated carbocycles. The highest BCUT2D eigenvalue weighted by atomic mass is 32.2. The van der Waals surface area contributed by atoms with Gasteiger partial charge in [0.25, 0.3) is 0 Å². The van der Waals surface area contributed by atoms with Gasteiger partial charge in [0.2, 0.25) is 10.0 Å². The van der Waals surface area contributed by atoms with Crippen LogP contribution < -0.4 is 5.32 Å². The Hall–Kier alpha value is -0.170. The van der Waals surface area contributed by atoms with E-state index in [1.807, 2.05) is 6.92 Å². The average Bonchev–Trinajstić information content (AvgIpc) is 2.41. The number of piperidine rings is 1. The van der Waals surface area contributed by atoms with E-state index in [0.29, 0.717) is 32.6 Å². The fourth-order valence-electron chi connectivity index (χ4n) is 2.91. The first-order chi connectivity index (χ1) is 8.66. The van der Waals surface area contributed by atoms with Crippen LogP contribution in [0.4, 0.5) is 0 Å². The van der Waals surface area contributed by atoms with E-state index in [9.17, 15) is 8.42 Å². The predicted molar refractivity (Wildman–Crippen MR) is 71.0 cm³/mol. The van der Waals surface area contributed by atoms with Crippen molar-refractivity contribution in [2.45, 2.75) is 43.9 Å². The topological polar surface area (TPSA) is 58.6 Å². The van der Waals surface area contributed by atoms with E-state index in [1.165, 1.54) is 0 Å². The maximum atomic E-state index is 12.7. The van der Waals surface area contributed by atoms with Crippen molar-refractivity contribution in [1.82, 2.24) is 9.62 Å². The standard InChI is InChI=1S/C12H24N2O3S/c1-2-14(11-3-7-13-8-4-11)18(15,16)12-5-9-17-10-6-12/h11-13H,2-10H2,1H3. The first-order valence-corrected chi connectivity index (χ1v) is 8.45. The van der Waals surface area contributed by atoms with Crippen molar-refractivity contribution >= 4 is 10.0 Å². The number of sulfonamides is 1. The fourth-order valence-corrected chi connectivity index (χ4v) is 5.06. The minimum Gasteiger partial charge on any atom is -0.381 e. The van der Waals surface area contributed by atoms with Crippen LogP contribution in [0.1, 0.15) is 32.6 Å². The van der Waals surface area contributed by atoms with Gasteiger partial charge in [-0.25, -0.2) is 8.42 Å². The molecule has 0 atom stereocenters. The summed E-state index contributed by atoms with van der Waals surface area (Å²) in [6.45, 7) is 5.53. The molecule has 0 unspecified atom stereocenters. The third-order valence-corrected chi connectivity index (χ3v) is 6.47. The zero-order valence-electron chi connectivity index (χ0n) is 11.1. The Morgan fingerprint density at radius 2 is 1.78 bits per heavy atom. The normalized spacial score (nSPS) is 24.6. The van der Waals surface area contributed by atoms with E-state index in [1.54, 1.807) is 4.31 Å². The lowest BCUT2D eigenvalue weighted by molar-refractivity contribution is 0.0965. The second-order valence-electron chi connectivity index (χ2n) is 5.04. The highest BCUT2D eigenvalue weighted by molar-refractivity contribution is 7.89. The summed E-state index contributed by atoms with van der Waals surface area (Å²) < 4.78 is 32.3. The van der Waals surface area contributed by atoms with Gasteiger partial charge in [0.1, 0.15) is 0 Å². The van der Waals surface area contributed by atoms with E-state index in [0.717, 1.165) is 25.9 Å². The Bertz CT molecular complexity index is 346. The Morgan fingerprint density at radius 3 is 2.33 bits per heavy atom. The third-order valence-electron chi connectivity index (χ3n) is 3.94. The van der Waals surface area contributed by atoms with Gasteiger partial charge >= 0.3 is 0 Å². The minimum absolute atomic E-state index is 0.184. The molecule has 2 aliphatic rings. The molecule has 5 nitrogen and oxygen atoms in total. The molecule has 0 radical (unpaired) electrons. The van der Waals surface area contributed by atoms with Crippen molar-refractivity contribution in [2.24, 2.45) is 0 Å². The van der Waals surface area contributed by atoms with Crippen LogP contribution in [-0.4, -0.2) is 56.9 Å². The van der Waals surface area contributed by atoms with Gasteiger partial charge in [-0.2, -0.15) is 4.31 Å². The van der Waals surface area contributed by atoms with E-state index in [4.69, 9.17) is 4.74 Å². The van der Waals surface area contributed by atoms with Crippen molar-refractivity contribution in [3.63, 3.8) is 0 Å². The maximum Gasteiger partial charge on any atom is 0.217 e. The molecule has 2 fully saturated rings. The van der Waals surface area contributed by atoms with Crippen LogP contribution in [0.5, 0.6) is 0 Å². The van der Waals surface area contributed by atoms with E-state index in [-0.39, 0.29) is 11.3 Å². The summed E-state index contributed by atoms with van der Waals surface area (Å²) in [4.78, 5) is 0. The summed E-state index contributed by atoms with van der Waals surface area (Å²) in [7, 11) is -3.15. The van der Waals surface area contributed by atoms with Gasteiger partial charge in [0.05, 0.1) is 5.25 Å². The summed E-state index contributed by atoms with van der Waals surface area (Å²) in [5.74, 6) is 0. The zero-order chi connectivity index (χ0) is 13.0. The van der Waals surface area contributed by atoms with Crippen molar-refractivity contribution < 1.29 is 13.2 Å². The molecular formula is C12H24N2O3S. The molecule has 2 aliphatic heterocycles. The largest absolute Gasteiger partial charge is 0.381 e. The highest BCUT2D eigenvalue weighted by Crippen LogP contribution is 2.24. The summed E-state index contributed by atoms with van der Waals surface area (Å²) in [5.41, 5.74) is 0. The van der Waals surface area contributed by atoms with Crippen LogP contribution in [0.15, 0.2) is 0 Å². The monoisotopic (exact) mass is 276 g/mol. The Balaban J connectivity index is 2.08. The van der Waals surface area contributed by atoms with Gasteiger partial charge in [-0.3, -0.25) is 0 Å². The molecule has 0 spiro atoms. The number of nitrogens with one attached hydrogen (secondary N) is 1. The Labute approximate surface area is 110 Å². The zero-order valence-corrected chi connectivity index (χ0v) is 11.9. The molecule has 18 heavy (non-hydrogen) atoms. The van der Waals surface area contributed by atoms with Gasteiger partial charge in [-0.15, -0.1) is 0 Å². The molecule has 2 heterocycles. The lowest BCUT2D eigenvalue weighted by Gasteiger charge is -2.36. The molecule has 2 saturated heterocycles. The van der Waals surface area contributed by atoms with Crippen molar-refractivity contribution in [3.05, 3.63) is 0 Å². The Morgan fingerprint density at radius 1 is 1.17 bits per heavy atom. The molecule has 106 valence electrons. The van der Waals surface area contributed by atoms with Crippen molar-refractivity contribution in [2.75, 3.05) is 32.8 Å². The number of ether oxygens (including phenoxy) is 1. The van der Waals surface area contributed by atoms with E-state index >= 15 is 0 Å². The predicted octanol–water partition coefficient (Wildman–Crippen LogP) is 0.569. The van der Waals surface area contributed by atoms with Gasteiger partial charge in [0.15, 0.2) is 0 Å². The SMILES string of the molecule is CCN(C1CCNCC1)S(=O)(=O)C1CCOCC1. The highest BCUT2D eigenvalue weighted by Gasteiger charge is 2.36. The first-order valence-electron chi connectivity index (χ1n) is 6.95. The number of hydrogen-bond acceptors (Lipinski definition) is 4. The van der Waals surface area contributed by atoms with Gasteiger partial charge in [0, 0.05) is 25.8 Å². The van der Waals surface area contributed by atoms with Crippen molar-refractivity contribution in [1.29, 1.82) is 0 Å². The van der Waals surface area contributed by atoms with Crippen LogP contribution in [-0.2, 0) is 14.8 Å². The lowest BCUT2D eigenvalue weighted by atomic mass is 10.1. The van der Waals surface area contributed by atoms with Crippen LogP contribution in [0.25, 0.3) is 0 Å². The first kappa shape index (κ1) is 14.2. The Kier molecular flexibility index (Phi) is 5.00. The van der Waals surface area contributed by atoms with Gasteiger partial charge < -0.3 is 10.1 Å². The van der Waals surface area contributed by atoms with Crippen molar-refractivity contribution in [3.8, 4) is 0 Å².